The number of hydrogen-bond donors (Lipinski definition) is 2. The van der Waals surface area contributed by atoms with Crippen molar-refractivity contribution in [2.75, 3.05) is 5.32 Å². The number of aromatic amines is 1. The van der Waals surface area contributed by atoms with Crippen LogP contribution in [-0.4, -0.2) is 27.2 Å². The Morgan fingerprint density at radius 2 is 2.37 bits per heavy atom. The molecule has 0 saturated carbocycles. The minimum atomic E-state index is -0.692. The van der Waals surface area contributed by atoms with Gasteiger partial charge in [0.05, 0.1) is 4.47 Å². The van der Waals surface area contributed by atoms with E-state index in [1.165, 1.54) is 6.33 Å². The van der Waals surface area contributed by atoms with Crippen LogP contribution in [0.3, 0.4) is 0 Å². The van der Waals surface area contributed by atoms with Crippen molar-refractivity contribution in [1.82, 2.24) is 15.2 Å². The van der Waals surface area contributed by atoms with Crippen molar-refractivity contribution in [3.05, 3.63) is 34.0 Å². The van der Waals surface area contributed by atoms with Crippen LogP contribution in [0.1, 0.15) is 6.92 Å². The Morgan fingerprint density at radius 1 is 1.58 bits per heavy atom. The Morgan fingerprint density at radius 3 is 3.00 bits per heavy atom. The summed E-state index contributed by atoms with van der Waals surface area (Å²) in [6.45, 7) is 1.63. The molecule has 0 fully saturated rings. The van der Waals surface area contributed by atoms with Crippen LogP contribution < -0.4 is 10.1 Å². The number of amides is 1. The predicted molar refractivity (Wildman–Crippen MR) is 74.3 cm³/mol. The van der Waals surface area contributed by atoms with E-state index >= 15 is 0 Å². The summed E-state index contributed by atoms with van der Waals surface area (Å²) in [6, 6.07) is 5.06. The van der Waals surface area contributed by atoms with Crippen LogP contribution in [0.4, 0.5) is 5.95 Å². The molecule has 1 atom stereocenters. The maximum atomic E-state index is 11.8. The third-order valence-electron chi connectivity index (χ3n) is 2.22. The van der Waals surface area contributed by atoms with Gasteiger partial charge >= 0.3 is 0 Å². The molecule has 6 nitrogen and oxygen atoms in total. The summed E-state index contributed by atoms with van der Waals surface area (Å²) >= 11 is 9.14. The molecule has 0 spiro atoms. The van der Waals surface area contributed by atoms with Crippen molar-refractivity contribution in [3.8, 4) is 5.75 Å². The lowest BCUT2D eigenvalue weighted by molar-refractivity contribution is -0.122. The quantitative estimate of drug-likeness (QED) is 0.892. The number of carbonyl (C=O) groups excluding carboxylic acids is 1. The van der Waals surface area contributed by atoms with Gasteiger partial charge < -0.3 is 4.74 Å². The van der Waals surface area contributed by atoms with Crippen molar-refractivity contribution in [3.63, 3.8) is 0 Å². The molecule has 2 aromatic rings. The lowest BCUT2D eigenvalue weighted by Crippen LogP contribution is -2.30. The van der Waals surface area contributed by atoms with E-state index in [0.29, 0.717) is 15.2 Å². The van der Waals surface area contributed by atoms with Gasteiger partial charge in [-0.1, -0.05) is 11.6 Å². The van der Waals surface area contributed by atoms with Crippen molar-refractivity contribution < 1.29 is 9.53 Å². The van der Waals surface area contributed by atoms with Crippen molar-refractivity contribution in [2.24, 2.45) is 0 Å². The number of H-pyrrole nitrogens is 1. The summed E-state index contributed by atoms with van der Waals surface area (Å²) in [5.74, 6) is 0.471. The van der Waals surface area contributed by atoms with Crippen LogP contribution in [-0.2, 0) is 4.79 Å². The highest BCUT2D eigenvalue weighted by atomic mass is 79.9. The number of rotatable bonds is 4. The van der Waals surface area contributed by atoms with Gasteiger partial charge in [0.25, 0.3) is 5.91 Å². The summed E-state index contributed by atoms with van der Waals surface area (Å²) in [7, 11) is 0. The maximum Gasteiger partial charge on any atom is 0.267 e. The van der Waals surface area contributed by atoms with Crippen LogP contribution >= 0.6 is 27.5 Å². The molecule has 0 saturated heterocycles. The lowest BCUT2D eigenvalue weighted by atomic mass is 10.3. The fourth-order valence-electron chi connectivity index (χ4n) is 1.30. The van der Waals surface area contributed by atoms with E-state index in [-0.39, 0.29) is 11.9 Å². The van der Waals surface area contributed by atoms with Crippen molar-refractivity contribution >= 4 is 39.4 Å². The number of carbonyl (C=O) groups is 1. The summed E-state index contributed by atoms with van der Waals surface area (Å²) < 4.78 is 6.21. The molecule has 1 aromatic heterocycles. The summed E-state index contributed by atoms with van der Waals surface area (Å²) in [4.78, 5) is 15.6. The number of ether oxygens (including phenoxy) is 1. The molecule has 2 N–H and O–H groups in total. The summed E-state index contributed by atoms with van der Waals surface area (Å²) in [6.07, 6.45) is 0.610. The molecule has 0 radical (unpaired) electrons. The fourth-order valence-corrected chi connectivity index (χ4v) is 2.07. The molecule has 0 aliphatic heterocycles. The normalized spacial score (nSPS) is 11.9. The van der Waals surface area contributed by atoms with E-state index in [2.05, 4.69) is 36.4 Å². The number of nitrogens with zero attached hydrogens (tertiary/aromatic N) is 2. The average Bonchev–Trinajstić information content (AvgIpc) is 2.85. The first kappa shape index (κ1) is 13.8. The average molecular weight is 346 g/mol. The lowest BCUT2D eigenvalue weighted by Gasteiger charge is -2.14. The highest BCUT2D eigenvalue weighted by Gasteiger charge is 2.17. The summed E-state index contributed by atoms with van der Waals surface area (Å²) in [5, 5.41) is 9.28. The van der Waals surface area contributed by atoms with E-state index in [4.69, 9.17) is 16.3 Å². The van der Waals surface area contributed by atoms with Crippen LogP contribution in [0.5, 0.6) is 5.75 Å². The van der Waals surface area contributed by atoms with Gasteiger partial charge in [-0.2, -0.15) is 10.1 Å². The molecule has 0 aliphatic carbocycles. The zero-order chi connectivity index (χ0) is 13.8. The highest BCUT2D eigenvalue weighted by Crippen LogP contribution is 2.28. The first-order valence-corrected chi connectivity index (χ1v) is 6.51. The Balaban J connectivity index is 2.00. The monoisotopic (exact) mass is 344 g/mol. The first-order chi connectivity index (χ1) is 9.06. The second-order valence-electron chi connectivity index (χ2n) is 3.66. The molecule has 100 valence electrons. The first-order valence-electron chi connectivity index (χ1n) is 5.34. The topological polar surface area (TPSA) is 79.9 Å². The van der Waals surface area contributed by atoms with Gasteiger partial charge in [0, 0.05) is 5.02 Å². The molecular weight excluding hydrogens is 336 g/mol. The second kappa shape index (κ2) is 6.03. The zero-order valence-electron chi connectivity index (χ0n) is 9.85. The molecule has 1 aromatic carbocycles. The number of aromatic nitrogens is 3. The van der Waals surface area contributed by atoms with Gasteiger partial charge in [0.1, 0.15) is 12.1 Å². The highest BCUT2D eigenvalue weighted by molar-refractivity contribution is 9.10. The van der Waals surface area contributed by atoms with E-state index in [1.54, 1.807) is 25.1 Å². The van der Waals surface area contributed by atoms with Gasteiger partial charge in [0.15, 0.2) is 6.10 Å². The largest absolute Gasteiger partial charge is 0.480 e. The fraction of sp³-hybridized carbons (Fsp3) is 0.182. The van der Waals surface area contributed by atoms with Gasteiger partial charge in [-0.05, 0) is 41.1 Å². The Hall–Kier alpha value is -1.60. The maximum absolute atomic E-state index is 11.8. The number of halogens is 2. The number of hydrogen-bond acceptors (Lipinski definition) is 4. The second-order valence-corrected chi connectivity index (χ2v) is 4.95. The van der Waals surface area contributed by atoms with Gasteiger partial charge in [-0.3, -0.25) is 10.1 Å². The van der Waals surface area contributed by atoms with E-state index < -0.39 is 6.10 Å². The van der Waals surface area contributed by atoms with Crippen LogP contribution in [0, 0.1) is 0 Å². The number of nitrogens with one attached hydrogen (secondary N) is 2. The van der Waals surface area contributed by atoms with E-state index in [1.807, 2.05) is 0 Å². The van der Waals surface area contributed by atoms with Gasteiger partial charge in [-0.15, -0.1) is 0 Å². The molecule has 1 heterocycles. The SMILES string of the molecule is CC(Oc1ccc(Cl)cc1Br)C(=O)Nc1ncn[nH]1. The minimum absolute atomic E-state index is 0.274. The Kier molecular flexibility index (Phi) is 4.39. The number of benzene rings is 1. The van der Waals surface area contributed by atoms with Gasteiger partial charge in [0.2, 0.25) is 5.95 Å². The minimum Gasteiger partial charge on any atom is -0.480 e. The van der Waals surface area contributed by atoms with Gasteiger partial charge in [-0.25, -0.2) is 5.10 Å². The van der Waals surface area contributed by atoms with Crippen molar-refractivity contribution in [1.29, 1.82) is 0 Å². The van der Waals surface area contributed by atoms with E-state index in [9.17, 15) is 4.79 Å². The van der Waals surface area contributed by atoms with Crippen LogP contribution in [0.25, 0.3) is 0 Å². The third-order valence-corrected chi connectivity index (χ3v) is 3.08. The molecule has 1 unspecified atom stereocenters. The number of anilines is 1. The Labute approximate surface area is 122 Å². The van der Waals surface area contributed by atoms with Crippen LogP contribution in [0.2, 0.25) is 5.02 Å². The van der Waals surface area contributed by atoms with Crippen LogP contribution in [0.15, 0.2) is 29.0 Å². The Bertz CT molecular complexity index is 576. The smallest absolute Gasteiger partial charge is 0.267 e. The zero-order valence-corrected chi connectivity index (χ0v) is 12.2. The van der Waals surface area contributed by atoms with Crippen molar-refractivity contribution in [2.45, 2.75) is 13.0 Å². The summed E-state index contributed by atoms with van der Waals surface area (Å²) in [5.41, 5.74) is 0. The molecule has 1 amide bonds. The third kappa shape index (κ3) is 3.68. The van der Waals surface area contributed by atoms with E-state index in [0.717, 1.165) is 0 Å². The standard InChI is InChI=1S/C11H10BrClN4O2/c1-6(10(18)16-11-14-5-15-17-11)19-9-3-2-7(13)4-8(9)12/h2-6H,1H3,(H2,14,15,16,17,18). The molecule has 8 heteroatoms. The molecule has 19 heavy (non-hydrogen) atoms. The predicted octanol–water partition coefficient (Wildman–Crippen LogP) is 2.63. The molecule has 0 bridgehead atoms. The molecule has 0 aliphatic rings. The molecule has 2 rings (SSSR count). The molecular formula is C11H10BrClN4O2.